The number of unbranched alkanes of at least 4 members (excludes halogenated alkanes) is 11. The molecular formula is C29H44O3. The predicted molar refractivity (Wildman–Crippen MR) is 131 cm³/mol. The number of hydrogen-bond donors (Lipinski definition) is 0. The molecule has 1 unspecified atom stereocenters. The minimum Gasteiger partial charge on any atom is -0.449 e. The van der Waals surface area contributed by atoms with Gasteiger partial charge in [-0.05, 0) is 74.9 Å². The second kappa shape index (κ2) is 13.2. The Balaban J connectivity index is 1.17. The molecule has 3 aliphatic carbocycles. The number of carbonyl (C=O) groups excluding carboxylic acids is 2. The zero-order chi connectivity index (χ0) is 22.7. The van der Waals surface area contributed by atoms with Gasteiger partial charge in [-0.2, -0.15) is 0 Å². The molecule has 1 fully saturated rings. The van der Waals surface area contributed by atoms with E-state index < -0.39 is 6.10 Å². The molecule has 0 saturated heterocycles. The topological polar surface area (TPSA) is 43.4 Å². The van der Waals surface area contributed by atoms with Crippen molar-refractivity contribution in [2.24, 2.45) is 5.41 Å². The first-order chi connectivity index (χ1) is 15.6. The Labute approximate surface area is 195 Å². The minimum atomic E-state index is -0.654. The Morgan fingerprint density at radius 2 is 1.56 bits per heavy atom. The average molecular weight is 441 g/mol. The number of ether oxygens (including phenoxy) is 1. The van der Waals surface area contributed by atoms with Crippen LogP contribution >= 0.6 is 0 Å². The molecule has 0 radical (unpaired) electrons. The third-order valence-electron chi connectivity index (χ3n) is 7.37. The largest absolute Gasteiger partial charge is 0.449 e. The molecule has 1 atom stereocenters. The molecule has 0 aromatic carbocycles. The second-order valence-corrected chi connectivity index (χ2v) is 10.2. The van der Waals surface area contributed by atoms with Gasteiger partial charge in [-0.15, -0.1) is 0 Å². The van der Waals surface area contributed by atoms with Crippen molar-refractivity contribution in [1.82, 2.24) is 0 Å². The van der Waals surface area contributed by atoms with Gasteiger partial charge in [0.05, 0.1) is 0 Å². The van der Waals surface area contributed by atoms with E-state index in [0.717, 1.165) is 36.8 Å². The SMILES string of the molecule is CCCCCCCC/C=C/CCCCCCCC(=O)OC1C(=O)C=C2CCC3(C=C21)CC3. The van der Waals surface area contributed by atoms with Crippen LogP contribution in [0.1, 0.15) is 122 Å². The number of fused-ring (bicyclic) bond motifs is 1. The van der Waals surface area contributed by atoms with Crippen LogP contribution in [-0.2, 0) is 14.3 Å². The molecule has 0 bridgehead atoms. The fourth-order valence-corrected chi connectivity index (χ4v) is 5.03. The molecule has 0 aromatic heterocycles. The van der Waals surface area contributed by atoms with Gasteiger partial charge in [-0.25, -0.2) is 0 Å². The third kappa shape index (κ3) is 8.05. The van der Waals surface area contributed by atoms with Crippen LogP contribution in [0.2, 0.25) is 0 Å². The first-order valence-electron chi connectivity index (χ1n) is 13.5. The summed E-state index contributed by atoms with van der Waals surface area (Å²) in [6, 6.07) is 0. The first-order valence-corrected chi connectivity index (χ1v) is 13.5. The van der Waals surface area contributed by atoms with Gasteiger partial charge in [0.2, 0.25) is 5.78 Å². The van der Waals surface area contributed by atoms with Crippen LogP contribution in [0.15, 0.2) is 35.5 Å². The highest BCUT2D eigenvalue weighted by Gasteiger charge is 2.47. The van der Waals surface area contributed by atoms with Gasteiger partial charge in [0.1, 0.15) is 0 Å². The van der Waals surface area contributed by atoms with Gasteiger partial charge in [0.15, 0.2) is 6.10 Å². The van der Waals surface area contributed by atoms with Crippen molar-refractivity contribution in [3.05, 3.63) is 35.5 Å². The lowest BCUT2D eigenvalue weighted by molar-refractivity contribution is -0.151. The van der Waals surface area contributed by atoms with E-state index >= 15 is 0 Å². The number of hydrogen-bond acceptors (Lipinski definition) is 3. The van der Waals surface area contributed by atoms with Crippen LogP contribution in [-0.4, -0.2) is 17.9 Å². The molecule has 178 valence electrons. The molecule has 3 heteroatoms. The van der Waals surface area contributed by atoms with Crippen LogP contribution in [0.25, 0.3) is 0 Å². The molecule has 0 aromatic rings. The molecule has 3 aliphatic rings. The average Bonchev–Trinajstić information content (AvgIpc) is 3.47. The van der Waals surface area contributed by atoms with Crippen molar-refractivity contribution in [3.8, 4) is 0 Å². The molecule has 3 nitrogen and oxygen atoms in total. The molecule has 3 rings (SSSR count). The van der Waals surface area contributed by atoms with Crippen molar-refractivity contribution in [1.29, 1.82) is 0 Å². The highest BCUT2D eigenvalue weighted by molar-refractivity contribution is 6.03. The predicted octanol–water partition coefficient (Wildman–Crippen LogP) is 7.95. The maximum atomic E-state index is 12.3. The van der Waals surface area contributed by atoms with Gasteiger partial charge in [0, 0.05) is 12.0 Å². The number of carbonyl (C=O) groups is 2. The summed E-state index contributed by atoms with van der Waals surface area (Å²) >= 11 is 0. The lowest BCUT2D eigenvalue weighted by atomic mass is 9.85. The van der Waals surface area contributed by atoms with E-state index in [1.54, 1.807) is 6.08 Å². The number of allylic oxidation sites excluding steroid dienone is 3. The van der Waals surface area contributed by atoms with Gasteiger partial charge < -0.3 is 4.74 Å². The summed E-state index contributed by atoms with van der Waals surface area (Å²) in [6.45, 7) is 2.26. The van der Waals surface area contributed by atoms with E-state index in [-0.39, 0.29) is 11.8 Å². The van der Waals surface area contributed by atoms with Crippen molar-refractivity contribution < 1.29 is 14.3 Å². The lowest BCUT2D eigenvalue weighted by Gasteiger charge is -2.23. The molecule has 1 spiro atoms. The van der Waals surface area contributed by atoms with Crippen molar-refractivity contribution in [3.63, 3.8) is 0 Å². The van der Waals surface area contributed by atoms with Gasteiger partial charge in [-0.1, -0.05) is 76.5 Å². The van der Waals surface area contributed by atoms with E-state index in [2.05, 4.69) is 25.2 Å². The smallest absolute Gasteiger partial charge is 0.306 e. The molecule has 32 heavy (non-hydrogen) atoms. The molecule has 0 N–H and O–H groups in total. The van der Waals surface area contributed by atoms with Crippen molar-refractivity contribution in [2.75, 3.05) is 0 Å². The van der Waals surface area contributed by atoms with Gasteiger partial charge >= 0.3 is 5.97 Å². The summed E-state index contributed by atoms with van der Waals surface area (Å²) in [5, 5.41) is 0. The number of rotatable bonds is 16. The quantitative estimate of drug-likeness (QED) is 0.139. The summed E-state index contributed by atoms with van der Waals surface area (Å²) in [4.78, 5) is 24.6. The molecule has 0 aliphatic heterocycles. The van der Waals surface area contributed by atoms with Crippen LogP contribution in [0.4, 0.5) is 0 Å². The Morgan fingerprint density at radius 3 is 2.22 bits per heavy atom. The monoisotopic (exact) mass is 440 g/mol. The van der Waals surface area contributed by atoms with Gasteiger partial charge in [0.25, 0.3) is 0 Å². The maximum absolute atomic E-state index is 12.3. The normalized spacial score (nSPS) is 21.0. The zero-order valence-electron chi connectivity index (χ0n) is 20.3. The van der Waals surface area contributed by atoms with Crippen molar-refractivity contribution >= 4 is 11.8 Å². The minimum absolute atomic E-state index is 0.0400. The fourth-order valence-electron chi connectivity index (χ4n) is 5.03. The van der Waals surface area contributed by atoms with Crippen LogP contribution in [0.3, 0.4) is 0 Å². The summed E-state index contributed by atoms with van der Waals surface area (Å²) in [7, 11) is 0. The lowest BCUT2D eigenvalue weighted by Crippen LogP contribution is -2.26. The van der Waals surface area contributed by atoms with Crippen LogP contribution < -0.4 is 0 Å². The highest BCUT2D eigenvalue weighted by atomic mass is 16.5. The highest BCUT2D eigenvalue weighted by Crippen LogP contribution is 2.56. The summed E-state index contributed by atoms with van der Waals surface area (Å²) in [5.41, 5.74) is 2.41. The van der Waals surface area contributed by atoms with E-state index in [4.69, 9.17) is 4.74 Å². The molecular weight excluding hydrogens is 396 g/mol. The number of ketones is 1. The van der Waals surface area contributed by atoms with E-state index in [1.165, 1.54) is 83.5 Å². The Kier molecular flexibility index (Phi) is 10.3. The zero-order valence-corrected chi connectivity index (χ0v) is 20.3. The Bertz CT molecular complexity index is 708. The second-order valence-electron chi connectivity index (χ2n) is 10.2. The van der Waals surface area contributed by atoms with Crippen molar-refractivity contribution in [2.45, 2.75) is 129 Å². The first kappa shape index (κ1) is 25.0. The Morgan fingerprint density at radius 1 is 0.938 bits per heavy atom. The third-order valence-corrected chi connectivity index (χ3v) is 7.37. The standard InChI is InChI=1S/C29H44O3/c1-2-3-4-5-6-7-8-9-10-11-12-13-14-15-16-17-27(31)32-28-25-23-29(20-21-29)19-18-24(25)22-26(28)30/h9-10,22-23,28H,2-8,11-21H2,1H3/b10-9+. The van der Waals surface area contributed by atoms with Crippen LogP contribution in [0, 0.1) is 5.41 Å². The summed E-state index contributed by atoms with van der Waals surface area (Å²) < 4.78 is 5.62. The molecule has 1 saturated carbocycles. The summed E-state index contributed by atoms with van der Waals surface area (Å²) in [6.07, 6.45) is 29.1. The summed E-state index contributed by atoms with van der Waals surface area (Å²) in [5.74, 6) is -0.256. The fraction of sp³-hybridized carbons (Fsp3) is 0.724. The Hall–Kier alpha value is -1.64. The molecule has 0 heterocycles. The van der Waals surface area contributed by atoms with E-state index in [0.29, 0.717) is 11.8 Å². The van der Waals surface area contributed by atoms with E-state index in [1.807, 2.05) is 0 Å². The van der Waals surface area contributed by atoms with Gasteiger partial charge in [-0.3, -0.25) is 9.59 Å². The number of esters is 1. The van der Waals surface area contributed by atoms with Crippen LogP contribution in [0.5, 0.6) is 0 Å². The molecule has 0 amide bonds. The maximum Gasteiger partial charge on any atom is 0.306 e. The van der Waals surface area contributed by atoms with E-state index in [9.17, 15) is 9.59 Å².